The third-order valence-electron chi connectivity index (χ3n) is 9.44. The van der Waals surface area contributed by atoms with Crippen LogP contribution in [0.3, 0.4) is 0 Å². The fourth-order valence-electron chi connectivity index (χ4n) is 6.50. The van der Waals surface area contributed by atoms with E-state index < -0.39 is 18.2 Å². The molecule has 16 heteroatoms. The first-order valence-electron chi connectivity index (χ1n) is 20.3. The molecule has 1 aliphatic heterocycles. The number of aldehydes is 1. The van der Waals surface area contributed by atoms with Gasteiger partial charge in [-0.25, -0.2) is 24.5 Å². The normalized spacial score (nSPS) is 13.8. The van der Waals surface area contributed by atoms with Crippen LogP contribution >= 0.6 is 11.3 Å². The van der Waals surface area contributed by atoms with Crippen LogP contribution < -0.4 is 10.6 Å². The molecule has 0 radical (unpaired) electrons. The third kappa shape index (κ3) is 13.1. The zero-order chi connectivity index (χ0) is 43.6. The number of hydrogen-bond donors (Lipinski definition) is 4. The number of rotatable bonds is 14. The van der Waals surface area contributed by atoms with E-state index in [1.807, 2.05) is 37.3 Å². The van der Waals surface area contributed by atoms with Crippen molar-refractivity contribution in [3.8, 4) is 43.5 Å². The second-order valence-electron chi connectivity index (χ2n) is 14.6. The van der Waals surface area contributed by atoms with E-state index in [0.717, 1.165) is 87.5 Å². The van der Waals surface area contributed by atoms with Gasteiger partial charge in [0.15, 0.2) is 0 Å². The van der Waals surface area contributed by atoms with Crippen LogP contribution in [0.1, 0.15) is 78.0 Å². The van der Waals surface area contributed by atoms with Gasteiger partial charge < -0.3 is 39.8 Å². The number of methoxy groups -OCH3 is 2. The van der Waals surface area contributed by atoms with Crippen molar-refractivity contribution in [3.63, 3.8) is 0 Å². The minimum Gasteiger partial charge on any atom is -0.453 e. The highest BCUT2D eigenvalue weighted by Gasteiger charge is 2.37. The fraction of sp³-hybridized carbons (Fsp3) is 0.432. The van der Waals surface area contributed by atoms with Gasteiger partial charge in [0.05, 0.1) is 62.0 Å². The van der Waals surface area contributed by atoms with Crippen molar-refractivity contribution in [2.75, 3.05) is 40.9 Å². The topological polar surface area (TPSA) is 188 Å². The highest BCUT2D eigenvalue weighted by molar-refractivity contribution is 7.18. The number of nitrogens with zero attached hydrogens (tertiary/aromatic N) is 5. The Kier molecular flexibility index (Phi) is 18.5. The highest BCUT2D eigenvalue weighted by atomic mass is 32.1. The van der Waals surface area contributed by atoms with Gasteiger partial charge in [-0.15, -0.1) is 11.3 Å². The fourth-order valence-corrected chi connectivity index (χ4v) is 7.42. The summed E-state index contributed by atoms with van der Waals surface area (Å²) in [6.07, 6.45) is 9.07. The Morgan fingerprint density at radius 2 is 1.48 bits per heavy atom. The Labute approximate surface area is 356 Å². The van der Waals surface area contributed by atoms with Gasteiger partial charge in [0.1, 0.15) is 29.0 Å². The molecule has 15 nitrogen and oxygen atoms in total. The van der Waals surface area contributed by atoms with E-state index in [2.05, 4.69) is 117 Å². The lowest BCUT2D eigenvalue weighted by atomic mass is 10.0. The van der Waals surface area contributed by atoms with Crippen LogP contribution in [0, 0.1) is 5.92 Å². The molecule has 0 saturated carbocycles. The molecule has 2 aromatic carbocycles. The van der Waals surface area contributed by atoms with E-state index in [-0.39, 0.29) is 24.4 Å². The van der Waals surface area contributed by atoms with Crippen molar-refractivity contribution in [2.24, 2.45) is 5.92 Å². The number of aromatic nitrogens is 5. The average Bonchev–Trinajstić information content (AvgIpc) is 4.10. The number of benzene rings is 2. The molecule has 3 aromatic heterocycles. The van der Waals surface area contributed by atoms with E-state index in [0.29, 0.717) is 12.8 Å². The van der Waals surface area contributed by atoms with E-state index in [9.17, 15) is 19.2 Å². The Hall–Kier alpha value is -5.87. The van der Waals surface area contributed by atoms with Crippen molar-refractivity contribution in [2.45, 2.75) is 78.9 Å². The van der Waals surface area contributed by atoms with E-state index in [1.165, 1.54) is 20.6 Å². The number of imidazole rings is 2. The zero-order valence-corrected chi connectivity index (χ0v) is 36.7. The zero-order valence-electron chi connectivity index (χ0n) is 35.9. The minimum absolute atomic E-state index is 0.00662. The number of carbonyl (C=O) groups is 4. The first-order valence-corrected chi connectivity index (χ1v) is 21.1. The lowest BCUT2D eigenvalue weighted by Gasteiger charge is -2.30. The minimum atomic E-state index is -0.667. The lowest BCUT2D eigenvalue weighted by molar-refractivity contribution is -0.135. The summed E-state index contributed by atoms with van der Waals surface area (Å²) in [5, 5.41) is 5.82. The van der Waals surface area contributed by atoms with Crippen molar-refractivity contribution < 1.29 is 28.7 Å². The second kappa shape index (κ2) is 23.7. The summed E-state index contributed by atoms with van der Waals surface area (Å²) in [6, 6.07) is 15.9. The maximum absolute atomic E-state index is 13.5. The molecule has 0 bridgehead atoms. The van der Waals surface area contributed by atoms with Crippen LogP contribution in [-0.4, -0.2) is 106 Å². The number of carbonyl (C=O) groups excluding carboxylic acids is 4. The SMILES string of the molecule is CCC.CCCN(C)Cc1ncc(-c2ccc(-c3ncc(-c4ccc(-c5cnc(C6CCCN6C(=O)C(NC(=O)OC)C(C)C)[nH]5)cc4)s3)cc2)[nH]1.COC(=O)NCC=O. The number of likely N-dealkylation sites (tertiary alicyclic amines) is 1. The lowest BCUT2D eigenvalue weighted by Crippen LogP contribution is -2.51. The summed E-state index contributed by atoms with van der Waals surface area (Å²) in [4.78, 5) is 71.1. The summed E-state index contributed by atoms with van der Waals surface area (Å²) < 4.78 is 8.89. The Morgan fingerprint density at radius 3 is 2.08 bits per heavy atom. The van der Waals surface area contributed by atoms with Crippen LogP contribution in [-0.2, 0) is 25.6 Å². The third-order valence-corrected chi connectivity index (χ3v) is 10.5. The van der Waals surface area contributed by atoms with Gasteiger partial charge in [-0.1, -0.05) is 89.6 Å². The largest absolute Gasteiger partial charge is 0.453 e. The predicted molar refractivity (Wildman–Crippen MR) is 235 cm³/mol. The summed E-state index contributed by atoms with van der Waals surface area (Å²) in [5.41, 5.74) is 6.16. The monoisotopic (exact) mass is 841 g/mol. The molecule has 1 fully saturated rings. The molecule has 2 atom stereocenters. The molecule has 1 saturated heterocycles. The Balaban J connectivity index is 0.000000640. The number of nitrogens with one attached hydrogen (secondary N) is 4. The van der Waals surface area contributed by atoms with E-state index in [4.69, 9.17) is 9.72 Å². The van der Waals surface area contributed by atoms with Gasteiger partial charge >= 0.3 is 12.2 Å². The van der Waals surface area contributed by atoms with Gasteiger partial charge in [0.2, 0.25) is 5.91 Å². The molecule has 5 aromatic rings. The van der Waals surface area contributed by atoms with Gasteiger partial charge in [-0.2, -0.15) is 0 Å². The summed E-state index contributed by atoms with van der Waals surface area (Å²) >= 11 is 1.66. The molecule has 60 heavy (non-hydrogen) atoms. The molecule has 322 valence electrons. The van der Waals surface area contributed by atoms with Gasteiger partial charge in [0, 0.05) is 18.3 Å². The van der Waals surface area contributed by atoms with Crippen LogP contribution in [0.25, 0.3) is 43.5 Å². The van der Waals surface area contributed by atoms with Crippen LogP contribution in [0.2, 0.25) is 0 Å². The smallest absolute Gasteiger partial charge is 0.407 e. The quantitative estimate of drug-likeness (QED) is 0.0796. The molecular formula is C44H59N9O6S. The number of thiazole rings is 1. The first-order chi connectivity index (χ1) is 29.0. The summed E-state index contributed by atoms with van der Waals surface area (Å²) in [7, 11) is 4.65. The molecule has 4 N–H and O–H groups in total. The number of amides is 3. The van der Waals surface area contributed by atoms with Crippen molar-refractivity contribution in [1.82, 2.24) is 45.4 Å². The van der Waals surface area contributed by atoms with Crippen molar-refractivity contribution in [1.29, 1.82) is 0 Å². The summed E-state index contributed by atoms with van der Waals surface area (Å²) in [6.45, 7) is 12.7. The summed E-state index contributed by atoms with van der Waals surface area (Å²) in [5.74, 6) is 1.51. The molecule has 2 unspecified atom stereocenters. The highest BCUT2D eigenvalue weighted by Crippen LogP contribution is 2.35. The van der Waals surface area contributed by atoms with Crippen molar-refractivity contribution >= 4 is 35.7 Å². The molecule has 0 spiro atoms. The number of aromatic amines is 2. The number of alkyl carbamates (subject to hydrolysis) is 2. The average molecular weight is 842 g/mol. The second-order valence-corrected chi connectivity index (χ2v) is 15.7. The number of H-pyrrole nitrogens is 2. The molecule has 3 amide bonds. The number of ether oxygens (including phenoxy) is 2. The van der Waals surface area contributed by atoms with E-state index in [1.54, 1.807) is 11.3 Å². The standard InChI is InChI=1S/C37H44N8O3S.C4H7NO3.C3H8/c1-6-17-44(4)22-32-38-19-28(41-32)24-11-15-27(16-12-24)35-40-21-31(49-35)26-13-9-25(10-14-26)29-20-39-34(42-29)30-8-7-18-45(30)36(46)33(23(2)3)43-37(47)48-5;1-8-4(7)5-2-3-6;1-3-2/h9-16,19-21,23,30,33H,6-8,17-18,22H2,1-5H3,(H,38,41)(H,39,42)(H,43,47);3H,2H2,1H3,(H,5,7);3H2,1-2H3. The molecule has 1 aliphatic rings. The van der Waals surface area contributed by atoms with Crippen LogP contribution in [0.4, 0.5) is 9.59 Å². The predicted octanol–water partition coefficient (Wildman–Crippen LogP) is 8.10. The van der Waals surface area contributed by atoms with Crippen LogP contribution in [0.5, 0.6) is 0 Å². The first kappa shape index (κ1) is 46.8. The van der Waals surface area contributed by atoms with Crippen LogP contribution in [0.15, 0.2) is 67.1 Å². The van der Waals surface area contributed by atoms with E-state index >= 15 is 0 Å². The van der Waals surface area contributed by atoms with Crippen molar-refractivity contribution in [3.05, 3.63) is 78.8 Å². The molecule has 0 aliphatic carbocycles. The van der Waals surface area contributed by atoms with Gasteiger partial charge in [-0.05, 0) is 55.5 Å². The van der Waals surface area contributed by atoms with Gasteiger partial charge in [0.25, 0.3) is 0 Å². The maximum Gasteiger partial charge on any atom is 0.407 e. The molecule has 6 rings (SSSR count). The van der Waals surface area contributed by atoms with Gasteiger partial charge in [-0.3, -0.25) is 9.69 Å². The maximum atomic E-state index is 13.5. The molecular weight excluding hydrogens is 783 g/mol. The Bertz CT molecular complexity index is 2090. The number of hydrogen-bond acceptors (Lipinski definition) is 11. The Morgan fingerprint density at radius 1 is 0.883 bits per heavy atom. The molecule has 4 heterocycles.